The lowest BCUT2D eigenvalue weighted by molar-refractivity contribution is -0.136. The molecule has 0 radical (unpaired) electrons. The van der Waals surface area contributed by atoms with Crippen molar-refractivity contribution in [2.45, 2.75) is 25.9 Å². The third-order valence-corrected chi connectivity index (χ3v) is 4.04. The summed E-state index contributed by atoms with van der Waals surface area (Å²) in [5, 5.41) is 4.47. The van der Waals surface area contributed by atoms with Crippen LogP contribution < -0.4 is 10.6 Å². The Hall–Kier alpha value is -2.12. The zero-order valence-electron chi connectivity index (χ0n) is 13.9. The lowest BCUT2D eigenvalue weighted by Crippen LogP contribution is -2.34. The van der Waals surface area contributed by atoms with Gasteiger partial charge in [-0.25, -0.2) is 0 Å². The predicted molar refractivity (Wildman–Crippen MR) is 101 cm³/mol. The van der Waals surface area contributed by atoms with Crippen LogP contribution in [0.3, 0.4) is 0 Å². The minimum atomic E-state index is -4.61. The van der Waals surface area contributed by atoms with Crippen LogP contribution in [-0.4, -0.2) is 11.0 Å². The van der Waals surface area contributed by atoms with E-state index in [0.29, 0.717) is 11.5 Å². The topological polar surface area (TPSA) is 41.1 Å². The molecule has 0 aromatic heterocycles. The van der Waals surface area contributed by atoms with Crippen molar-refractivity contribution in [3.8, 4) is 0 Å². The number of carbonyl (C=O) groups excluding carboxylic acids is 1. The average Bonchev–Trinajstić information content (AvgIpc) is 2.55. The van der Waals surface area contributed by atoms with Crippen molar-refractivity contribution >= 4 is 40.5 Å². The average molecular weight is 401 g/mol. The minimum absolute atomic E-state index is 0.0527. The van der Waals surface area contributed by atoms with E-state index in [1.807, 2.05) is 26.0 Å². The fourth-order valence-corrected chi connectivity index (χ4v) is 2.58. The van der Waals surface area contributed by atoms with Crippen molar-refractivity contribution in [3.05, 3.63) is 64.2 Å². The van der Waals surface area contributed by atoms with E-state index in [1.165, 1.54) is 6.07 Å². The third kappa shape index (κ3) is 5.19. The van der Waals surface area contributed by atoms with Gasteiger partial charge >= 0.3 is 6.18 Å². The van der Waals surface area contributed by atoms with Crippen molar-refractivity contribution in [1.82, 2.24) is 5.32 Å². The van der Waals surface area contributed by atoms with E-state index in [2.05, 4.69) is 10.6 Å². The van der Waals surface area contributed by atoms with E-state index in [9.17, 15) is 18.0 Å². The first-order valence-electron chi connectivity index (χ1n) is 7.67. The van der Waals surface area contributed by atoms with E-state index in [0.717, 1.165) is 17.7 Å². The van der Waals surface area contributed by atoms with Gasteiger partial charge in [0.05, 0.1) is 11.3 Å². The summed E-state index contributed by atoms with van der Waals surface area (Å²) < 4.78 is 39.2. The number of anilines is 1. The molecule has 0 spiro atoms. The largest absolute Gasteiger partial charge is 0.418 e. The zero-order valence-corrected chi connectivity index (χ0v) is 15.5. The van der Waals surface area contributed by atoms with E-state index in [-0.39, 0.29) is 15.8 Å². The second-order valence-electron chi connectivity index (χ2n) is 5.87. The quantitative estimate of drug-likeness (QED) is 0.658. The monoisotopic (exact) mass is 400 g/mol. The molecule has 8 heteroatoms. The van der Waals surface area contributed by atoms with E-state index < -0.39 is 17.6 Å². The Bertz CT molecular complexity index is 820. The molecule has 1 amide bonds. The molecule has 26 heavy (non-hydrogen) atoms. The van der Waals surface area contributed by atoms with Gasteiger partial charge in [0, 0.05) is 10.6 Å². The molecule has 0 saturated carbocycles. The molecular weight excluding hydrogens is 385 g/mol. The summed E-state index contributed by atoms with van der Waals surface area (Å²) in [6.45, 7) is 4.05. The van der Waals surface area contributed by atoms with Crippen molar-refractivity contribution < 1.29 is 18.0 Å². The lowest BCUT2D eigenvalue weighted by atomic mass is 10.0. The van der Waals surface area contributed by atoms with Gasteiger partial charge in [-0.05, 0) is 54.0 Å². The molecule has 0 aliphatic heterocycles. The van der Waals surface area contributed by atoms with E-state index in [4.69, 9.17) is 23.8 Å². The zero-order chi connectivity index (χ0) is 19.5. The summed E-state index contributed by atoms with van der Waals surface area (Å²) in [5.74, 6) is -0.194. The number of nitrogens with one attached hydrogen (secondary N) is 2. The van der Waals surface area contributed by atoms with Crippen LogP contribution in [-0.2, 0) is 6.18 Å². The van der Waals surface area contributed by atoms with Gasteiger partial charge < -0.3 is 5.32 Å². The lowest BCUT2D eigenvalue weighted by Gasteiger charge is -2.16. The highest BCUT2D eigenvalue weighted by Crippen LogP contribution is 2.36. The van der Waals surface area contributed by atoms with Crippen molar-refractivity contribution in [3.63, 3.8) is 0 Å². The normalized spacial score (nSPS) is 11.3. The standard InChI is InChI=1S/C18H16ClF3N2OS/c1-10(2)11-3-5-12(6-4-11)16(25)24-17(26)23-15-8-7-13(19)9-14(15)18(20,21)22/h3-10H,1-2H3,(H2,23,24,25,26). The second-order valence-corrected chi connectivity index (χ2v) is 6.72. The van der Waals surface area contributed by atoms with Gasteiger partial charge in [0.2, 0.25) is 0 Å². The maximum absolute atomic E-state index is 13.1. The van der Waals surface area contributed by atoms with Gasteiger partial charge in [0.15, 0.2) is 5.11 Å². The van der Waals surface area contributed by atoms with Crippen LogP contribution in [0.4, 0.5) is 18.9 Å². The molecule has 2 N–H and O–H groups in total. The molecule has 0 atom stereocenters. The Morgan fingerprint density at radius 3 is 2.27 bits per heavy atom. The summed E-state index contributed by atoms with van der Waals surface area (Å²) in [6, 6.07) is 10.1. The van der Waals surface area contributed by atoms with Crippen LogP contribution in [0.2, 0.25) is 5.02 Å². The van der Waals surface area contributed by atoms with Crippen molar-refractivity contribution in [1.29, 1.82) is 0 Å². The summed E-state index contributed by atoms with van der Waals surface area (Å²) in [5.41, 5.74) is 0.161. The minimum Gasteiger partial charge on any atom is -0.332 e. The molecule has 0 fully saturated rings. The molecule has 2 rings (SSSR count). The Kier molecular flexibility index (Phi) is 6.26. The van der Waals surface area contributed by atoms with Crippen LogP contribution in [0.1, 0.15) is 41.3 Å². The van der Waals surface area contributed by atoms with Crippen LogP contribution in [0.15, 0.2) is 42.5 Å². The van der Waals surface area contributed by atoms with Crippen LogP contribution in [0.5, 0.6) is 0 Å². The van der Waals surface area contributed by atoms with Crippen molar-refractivity contribution in [2.75, 3.05) is 5.32 Å². The summed E-state index contributed by atoms with van der Waals surface area (Å²) in [6.07, 6.45) is -4.61. The first-order chi connectivity index (χ1) is 12.1. The maximum Gasteiger partial charge on any atom is 0.418 e. The van der Waals surface area contributed by atoms with Crippen molar-refractivity contribution in [2.24, 2.45) is 0 Å². The summed E-state index contributed by atoms with van der Waals surface area (Å²) in [4.78, 5) is 12.2. The Labute approximate surface area is 159 Å². The summed E-state index contributed by atoms with van der Waals surface area (Å²) >= 11 is 10.6. The molecule has 0 bridgehead atoms. The smallest absolute Gasteiger partial charge is 0.332 e. The molecule has 0 heterocycles. The van der Waals surface area contributed by atoms with Gasteiger partial charge in [0.1, 0.15) is 0 Å². The fraction of sp³-hybridized carbons (Fsp3) is 0.222. The SMILES string of the molecule is CC(C)c1ccc(C(=O)NC(=S)Nc2ccc(Cl)cc2C(F)(F)F)cc1. The van der Waals surface area contributed by atoms with Crippen LogP contribution in [0.25, 0.3) is 0 Å². The summed E-state index contributed by atoms with van der Waals surface area (Å²) in [7, 11) is 0. The highest BCUT2D eigenvalue weighted by Gasteiger charge is 2.34. The second kappa shape index (κ2) is 8.05. The number of hydrogen-bond donors (Lipinski definition) is 2. The Balaban J connectivity index is 2.10. The number of halogens is 4. The number of rotatable bonds is 3. The van der Waals surface area contributed by atoms with Gasteiger partial charge in [-0.1, -0.05) is 37.6 Å². The number of thiocarbonyl (C=S) groups is 1. The first-order valence-corrected chi connectivity index (χ1v) is 8.45. The predicted octanol–water partition coefficient (Wildman–Crippen LogP) is 5.61. The molecule has 0 saturated heterocycles. The molecule has 0 aliphatic rings. The highest BCUT2D eigenvalue weighted by atomic mass is 35.5. The van der Waals surface area contributed by atoms with E-state index in [1.54, 1.807) is 12.1 Å². The van der Waals surface area contributed by atoms with Gasteiger partial charge in [-0.2, -0.15) is 13.2 Å². The Morgan fingerprint density at radius 1 is 1.12 bits per heavy atom. The molecule has 0 aliphatic carbocycles. The number of alkyl halides is 3. The van der Waals surface area contributed by atoms with Crippen LogP contribution in [0, 0.1) is 0 Å². The van der Waals surface area contributed by atoms with Gasteiger partial charge in [0.25, 0.3) is 5.91 Å². The third-order valence-electron chi connectivity index (χ3n) is 3.60. The highest BCUT2D eigenvalue weighted by molar-refractivity contribution is 7.80. The van der Waals surface area contributed by atoms with Gasteiger partial charge in [-0.15, -0.1) is 0 Å². The molecule has 2 aromatic carbocycles. The van der Waals surface area contributed by atoms with E-state index >= 15 is 0 Å². The van der Waals surface area contributed by atoms with Gasteiger partial charge in [-0.3, -0.25) is 10.1 Å². The maximum atomic E-state index is 13.1. The molecule has 0 unspecified atom stereocenters. The van der Waals surface area contributed by atoms with Crippen LogP contribution >= 0.6 is 23.8 Å². The first kappa shape index (κ1) is 20.2. The number of carbonyl (C=O) groups is 1. The number of hydrogen-bond acceptors (Lipinski definition) is 2. The number of amides is 1. The Morgan fingerprint density at radius 2 is 1.73 bits per heavy atom. The fourth-order valence-electron chi connectivity index (χ4n) is 2.21. The molecule has 138 valence electrons. The molecule has 2 aromatic rings. The molecule has 3 nitrogen and oxygen atoms in total. The number of benzene rings is 2. The molecular formula is C18H16ClF3N2OS.